The fourth-order valence-corrected chi connectivity index (χ4v) is 1.98. The van der Waals surface area contributed by atoms with Crippen LogP contribution in [-0.2, 0) is 6.54 Å². The topological polar surface area (TPSA) is 36.1 Å². The van der Waals surface area contributed by atoms with Crippen molar-refractivity contribution in [2.45, 2.75) is 13.5 Å². The number of hydrogen-bond acceptors (Lipinski definition) is 2. The number of carbonyl (C=O) groups excluding carboxylic acids is 1. The summed E-state index contributed by atoms with van der Waals surface area (Å²) in [4.78, 5) is 16.8. The monoisotopic (exact) mass is 216 g/mol. The lowest BCUT2D eigenvalue weighted by Gasteiger charge is -2.09. The first-order valence-corrected chi connectivity index (χ1v) is 5.35. The number of carbonyl (C=O) groups is 1. The largest absolute Gasteiger partial charge is 0.352 e. The lowest BCUT2D eigenvalue weighted by Crippen LogP contribution is -2.12. The molecule has 16 heavy (non-hydrogen) atoms. The second-order valence-electron chi connectivity index (χ2n) is 4.32. The van der Waals surface area contributed by atoms with Crippen molar-refractivity contribution in [3.05, 3.63) is 35.5 Å². The molecule has 1 heterocycles. The van der Waals surface area contributed by atoms with E-state index in [1.54, 1.807) is 6.92 Å². The molecule has 0 aliphatic rings. The first-order valence-electron chi connectivity index (χ1n) is 5.35. The molecule has 0 amide bonds. The molecule has 0 aliphatic carbocycles. The molecule has 2 rings (SSSR count). The number of fused-ring (bicyclic) bond motifs is 1. The Morgan fingerprint density at radius 1 is 1.31 bits per heavy atom. The third-order valence-electron chi connectivity index (χ3n) is 2.64. The van der Waals surface area contributed by atoms with Gasteiger partial charge in [-0.05, 0) is 20.2 Å². The Morgan fingerprint density at radius 3 is 2.62 bits per heavy atom. The van der Waals surface area contributed by atoms with Crippen molar-refractivity contribution < 1.29 is 4.79 Å². The van der Waals surface area contributed by atoms with Crippen molar-refractivity contribution in [1.29, 1.82) is 0 Å². The van der Waals surface area contributed by atoms with E-state index in [0.717, 1.165) is 28.7 Å². The smallest absolute Gasteiger partial charge is 0.176 e. The molecule has 0 fully saturated rings. The average Bonchev–Trinajstić information content (AvgIpc) is 2.57. The van der Waals surface area contributed by atoms with Gasteiger partial charge in [-0.1, -0.05) is 18.2 Å². The van der Waals surface area contributed by atoms with Crippen LogP contribution < -0.4 is 0 Å². The number of rotatable bonds is 3. The minimum atomic E-state index is 0.0908. The summed E-state index contributed by atoms with van der Waals surface area (Å²) in [5, 5.41) is 1.14. The average molecular weight is 216 g/mol. The molecule has 0 bridgehead atoms. The number of hydrogen-bond donors (Lipinski definition) is 1. The van der Waals surface area contributed by atoms with Gasteiger partial charge in [-0.25, -0.2) is 0 Å². The van der Waals surface area contributed by atoms with Gasteiger partial charge in [0.15, 0.2) is 5.78 Å². The first kappa shape index (κ1) is 10.9. The molecular formula is C13H16N2O. The summed E-state index contributed by atoms with van der Waals surface area (Å²) in [6, 6.07) is 8.03. The van der Waals surface area contributed by atoms with Crippen LogP contribution in [0.15, 0.2) is 24.3 Å². The van der Waals surface area contributed by atoms with E-state index in [2.05, 4.69) is 16.0 Å². The maximum Gasteiger partial charge on any atom is 0.176 e. The van der Waals surface area contributed by atoms with Crippen molar-refractivity contribution in [1.82, 2.24) is 9.88 Å². The number of Topliss-reactive ketones (excluding diaryl/α,β-unsaturated/α-hetero) is 1. The maximum atomic E-state index is 11.6. The second-order valence-corrected chi connectivity index (χ2v) is 4.32. The van der Waals surface area contributed by atoms with E-state index in [1.165, 1.54) is 0 Å². The van der Waals surface area contributed by atoms with Crippen LogP contribution in [0.1, 0.15) is 23.0 Å². The molecule has 1 N–H and O–H groups in total. The molecule has 0 spiro atoms. The molecular weight excluding hydrogens is 200 g/mol. The van der Waals surface area contributed by atoms with Crippen molar-refractivity contribution in [3.63, 3.8) is 0 Å². The van der Waals surface area contributed by atoms with E-state index in [-0.39, 0.29) is 5.78 Å². The van der Waals surface area contributed by atoms with Crippen molar-refractivity contribution >= 4 is 16.7 Å². The van der Waals surface area contributed by atoms with Crippen molar-refractivity contribution in [2.24, 2.45) is 0 Å². The quantitative estimate of drug-likeness (QED) is 0.800. The van der Waals surface area contributed by atoms with Crippen LogP contribution in [-0.4, -0.2) is 29.8 Å². The van der Waals surface area contributed by atoms with Gasteiger partial charge in [-0.15, -0.1) is 0 Å². The maximum absolute atomic E-state index is 11.6. The fourth-order valence-electron chi connectivity index (χ4n) is 1.98. The highest BCUT2D eigenvalue weighted by Gasteiger charge is 2.14. The van der Waals surface area contributed by atoms with E-state index in [4.69, 9.17) is 0 Å². The van der Waals surface area contributed by atoms with Gasteiger partial charge in [-0.3, -0.25) is 4.79 Å². The number of nitrogens with zero attached hydrogens (tertiary/aromatic N) is 1. The van der Waals surface area contributed by atoms with Crippen LogP contribution in [0.5, 0.6) is 0 Å². The molecule has 84 valence electrons. The number of nitrogens with one attached hydrogen (secondary N) is 1. The third-order valence-corrected chi connectivity index (χ3v) is 2.64. The summed E-state index contributed by atoms with van der Waals surface area (Å²) in [6.07, 6.45) is 0. The zero-order valence-corrected chi connectivity index (χ0v) is 9.87. The number of aromatic nitrogens is 1. The molecule has 0 saturated carbocycles. The molecule has 1 aromatic heterocycles. The summed E-state index contributed by atoms with van der Waals surface area (Å²) in [7, 11) is 4.01. The van der Waals surface area contributed by atoms with Gasteiger partial charge in [0.05, 0.1) is 5.69 Å². The van der Waals surface area contributed by atoms with Crippen molar-refractivity contribution in [3.8, 4) is 0 Å². The van der Waals surface area contributed by atoms with Crippen LogP contribution in [0, 0.1) is 0 Å². The number of para-hydroxylation sites is 1. The Hall–Kier alpha value is -1.61. The van der Waals surface area contributed by atoms with Gasteiger partial charge >= 0.3 is 0 Å². The van der Waals surface area contributed by atoms with Gasteiger partial charge in [0, 0.05) is 29.9 Å². The second kappa shape index (κ2) is 4.10. The van der Waals surface area contributed by atoms with Crippen LogP contribution >= 0.6 is 0 Å². The zero-order valence-electron chi connectivity index (χ0n) is 9.87. The number of H-pyrrole nitrogens is 1. The van der Waals surface area contributed by atoms with Crippen LogP contribution in [0.4, 0.5) is 0 Å². The Labute approximate surface area is 95.1 Å². The number of benzene rings is 1. The summed E-state index contributed by atoms with van der Waals surface area (Å²) in [5.74, 6) is 0.0908. The minimum absolute atomic E-state index is 0.0908. The molecule has 0 aliphatic heterocycles. The van der Waals surface area contributed by atoms with Crippen LogP contribution in [0.25, 0.3) is 10.9 Å². The summed E-state index contributed by atoms with van der Waals surface area (Å²) in [5.41, 5.74) is 2.85. The van der Waals surface area contributed by atoms with E-state index >= 15 is 0 Å². The number of aromatic amines is 1. The summed E-state index contributed by atoms with van der Waals surface area (Å²) >= 11 is 0. The Balaban J connectivity index is 2.64. The van der Waals surface area contributed by atoms with Crippen LogP contribution in [0.2, 0.25) is 0 Å². The van der Waals surface area contributed by atoms with Gasteiger partial charge in [0.1, 0.15) is 0 Å². The zero-order chi connectivity index (χ0) is 11.7. The van der Waals surface area contributed by atoms with E-state index in [9.17, 15) is 4.79 Å². The third kappa shape index (κ3) is 1.86. The highest BCUT2D eigenvalue weighted by Crippen LogP contribution is 2.23. The molecule has 0 unspecified atom stereocenters. The predicted molar refractivity (Wildman–Crippen MR) is 65.7 cm³/mol. The lowest BCUT2D eigenvalue weighted by molar-refractivity contribution is 0.101. The van der Waals surface area contributed by atoms with Gasteiger partial charge in [0.2, 0.25) is 0 Å². The lowest BCUT2D eigenvalue weighted by atomic mass is 10.1. The van der Waals surface area contributed by atoms with Crippen molar-refractivity contribution in [2.75, 3.05) is 14.1 Å². The predicted octanol–water partition coefficient (Wildman–Crippen LogP) is 2.43. The summed E-state index contributed by atoms with van der Waals surface area (Å²) in [6.45, 7) is 2.38. The SMILES string of the molecule is CC(=O)c1[nH]c2ccccc2c1CN(C)C. The van der Waals surface area contributed by atoms with Gasteiger partial charge in [0.25, 0.3) is 0 Å². The van der Waals surface area contributed by atoms with E-state index in [0.29, 0.717) is 0 Å². The molecule has 0 saturated heterocycles. The van der Waals surface area contributed by atoms with E-state index < -0.39 is 0 Å². The Kier molecular flexibility index (Phi) is 2.79. The first-order chi connectivity index (χ1) is 7.59. The molecule has 3 nitrogen and oxygen atoms in total. The number of ketones is 1. The fraction of sp³-hybridized carbons (Fsp3) is 0.308. The minimum Gasteiger partial charge on any atom is -0.352 e. The van der Waals surface area contributed by atoms with E-state index in [1.807, 2.05) is 32.3 Å². The van der Waals surface area contributed by atoms with Gasteiger partial charge in [-0.2, -0.15) is 0 Å². The summed E-state index contributed by atoms with van der Waals surface area (Å²) < 4.78 is 0. The molecule has 0 radical (unpaired) electrons. The molecule has 3 heteroatoms. The molecule has 2 aromatic rings. The Morgan fingerprint density at radius 2 is 2.00 bits per heavy atom. The van der Waals surface area contributed by atoms with Gasteiger partial charge < -0.3 is 9.88 Å². The molecule has 0 atom stereocenters. The highest BCUT2D eigenvalue weighted by atomic mass is 16.1. The standard InChI is InChI=1S/C13H16N2O/c1-9(16)13-11(8-15(2)3)10-6-4-5-7-12(10)14-13/h4-7,14H,8H2,1-3H3. The Bertz CT molecular complexity index is 526. The normalized spacial score (nSPS) is 11.2. The highest BCUT2D eigenvalue weighted by molar-refractivity contribution is 6.00. The van der Waals surface area contributed by atoms with Crippen LogP contribution in [0.3, 0.4) is 0 Å². The molecule has 1 aromatic carbocycles.